The Balaban J connectivity index is 1.39. The van der Waals surface area contributed by atoms with Crippen molar-refractivity contribution in [3.63, 3.8) is 0 Å². The summed E-state index contributed by atoms with van der Waals surface area (Å²) in [5, 5.41) is 10.6. The molecule has 6 aromatic rings. The zero-order valence-corrected chi connectivity index (χ0v) is 21.1. The molecule has 2 heteroatoms. The van der Waals surface area contributed by atoms with E-state index in [0.29, 0.717) is 0 Å². The van der Waals surface area contributed by atoms with Gasteiger partial charge in [0.05, 0.1) is 0 Å². The van der Waals surface area contributed by atoms with Crippen molar-refractivity contribution in [3.05, 3.63) is 108 Å². The summed E-state index contributed by atoms with van der Waals surface area (Å²) in [5.41, 5.74) is 2.89. The van der Waals surface area contributed by atoms with Gasteiger partial charge in [-0.3, -0.25) is 0 Å². The molecule has 0 amide bonds. The molecular formula is C32H26S2. The maximum atomic E-state index is 2.42. The first-order valence-corrected chi connectivity index (χ1v) is 14.2. The van der Waals surface area contributed by atoms with E-state index in [0.717, 1.165) is 12.8 Å². The Kier molecular flexibility index (Phi) is 5.72. The maximum absolute atomic E-state index is 2.42. The van der Waals surface area contributed by atoms with Gasteiger partial charge in [-0.1, -0.05) is 60.7 Å². The van der Waals surface area contributed by atoms with Gasteiger partial charge in [-0.05, 0) is 116 Å². The predicted molar refractivity (Wildman–Crippen MR) is 154 cm³/mol. The summed E-state index contributed by atoms with van der Waals surface area (Å²) in [7, 11) is 0. The lowest BCUT2D eigenvalue weighted by Gasteiger charge is -2.14. The van der Waals surface area contributed by atoms with Gasteiger partial charge in [0, 0.05) is 9.79 Å². The van der Waals surface area contributed by atoms with Crippen molar-refractivity contribution in [1.82, 2.24) is 0 Å². The van der Waals surface area contributed by atoms with E-state index in [1.165, 1.54) is 64.0 Å². The lowest BCUT2D eigenvalue weighted by molar-refractivity contribution is 0.920. The lowest BCUT2D eigenvalue weighted by Crippen LogP contribution is -1.96. The van der Waals surface area contributed by atoms with E-state index in [4.69, 9.17) is 0 Å². The lowest BCUT2D eigenvalue weighted by atomic mass is 9.96. The summed E-state index contributed by atoms with van der Waals surface area (Å²) in [6, 6.07) is 36.2. The second-order valence-corrected chi connectivity index (χ2v) is 10.6. The average Bonchev–Trinajstić information content (AvgIpc) is 2.88. The molecule has 0 aromatic heterocycles. The summed E-state index contributed by atoms with van der Waals surface area (Å²) in [6.45, 7) is 0. The third-order valence-electron chi connectivity index (χ3n) is 6.87. The average molecular weight is 475 g/mol. The molecule has 0 bridgehead atoms. The van der Waals surface area contributed by atoms with Gasteiger partial charge in [0.1, 0.15) is 0 Å². The SMILES string of the molecule is CSc1cc2cc3ccccc3cc2cc1CCc1cc2cc3ccccc3cc2cc1SC. The number of benzene rings is 6. The summed E-state index contributed by atoms with van der Waals surface area (Å²) in [5.74, 6) is 0. The van der Waals surface area contributed by atoms with Crippen molar-refractivity contribution >= 4 is 66.6 Å². The Morgan fingerprint density at radius 1 is 0.412 bits per heavy atom. The summed E-state index contributed by atoms with van der Waals surface area (Å²) in [6.07, 6.45) is 6.48. The Morgan fingerprint density at radius 3 is 1.06 bits per heavy atom. The molecule has 0 atom stereocenters. The van der Waals surface area contributed by atoms with Crippen LogP contribution in [0.1, 0.15) is 11.1 Å². The third kappa shape index (κ3) is 3.96. The largest absolute Gasteiger partial charge is 0.129 e. The number of thioether (sulfide) groups is 2. The smallest absolute Gasteiger partial charge is 0.0108 e. The second kappa shape index (κ2) is 9.02. The maximum Gasteiger partial charge on any atom is 0.0108 e. The van der Waals surface area contributed by atoms with Crippen molar-refractivity contribution < 1.29 is 0 Å². The zero-order chi connectivity index (χ0) is 23.1. The van der Waals surface area contributed by atoms with Crippen LogP contribution in [-0.2, 0) is 12.8 Å². The molecule has 6 rings (SSSR count). The van der Waals surface area contributed by atoms with Crippen molar-refractivity contribution in [2.45, 2.75) is 22.6 Å². The van der Waals surface area contributed by atoms with Crippen LogP contribution in [0.4, 0.5) is 0 Å². The fourth-order valence-electron chi connectivity index (χ4n) is 5.08. The van der Waals surface area contributed by atoms with Crippen LogP contribution in [0.25, 0.3) is 43.1 Å². The Hall–Kier alpha value is -2.94. The van der Waals surface area contributed by atoms with Gasteiger partial charge >= 0.3 is 0 Å². The van der Waals surface area contributed by atoms with Crippen molar-refractivity contribution in [3.8, 4) is 0 Å². The minimum absolute atomic E-state index is 1.05. The van der Waals surface area contributed by atoms with Gasteiger partial charge in [0.2, 0.25) is 0 Å². The highest BCUT2D eigenvalue weighted by molar-refractivity contribution is 7.98. The van der Waals surface area contributed by atoms with Crippen molar-refractivity contribution in [2.24, 2.45) is 0 Å². The summed E-state index contributed by atoms with van der Waals surface area (Å²) in [4.78, 5) is 2.78. The van der Waals surface area contributed by atoms with Crippen LogP contribution in [0, 0.1) is 0 Å². The van der Waals surface area contributed by atoms with Gasteiger partial charge in [0.15, 0.2) is 0 Å². The van der Waals surface area contributed by atoms with Gasteiger partial charge < -0.3 is 0 Å². The fourth-order valence-corrected chi connectivity index (χ4v) is 6.41. The highest BCUT2D eigenvalue weighted by Gasteiger charge is 2.10. The second-order valence-electron chi connectivity index (χ2n) is 8.92. The van der Waals surface area contributed by atoms with E-state index in [1.807, 2.05) is 23.5 Å². The zero-order valence-electron chi connectivity index (χ0n) is 19.5. The fraction of sp³-hybridized carbons (Fsp3) is 0.125. The van der Waals surface area contributed by atoms with Gasteiger partial charge in [-0.2, -0.15) is 0 Å². The van der Waals surface area contributed by atoms with E-state index in [1.54, 1.807) is 0 Å². The quantitative estimate of drug-likeness (QED) is 0.180. The summed E-state index contributed by atoms with van der Waals surface area (Å²) >= 11 is 3.72. The van der Waals surface area contributed by atoms with E-state index < -0.39 is 0 Å². The Bertz CT molecular complexity index is 1550. The van der Waals surface area contributed by atoms with Crippen LogP contribution >= 0.6 is 23.5 Å². The van der Waals surface area contributed by atoms with Crippen LogP contribution in [-0.4, -0.2) is 12.5 Å². The molecule has 0 aliphatic heterocycles. The molecule has 0 aliphatic carbocycles. The third-order valence-corrected chi connectivity index (χ3v) is 8.51. The molecular weight excluding hydrogens is 448 g/mol. The molecule has 6 aromatic carbocycles. The normalized spacial score (nSPS) is 11.7. The number of rotatable bonds is 5. The molecule has 0 saturated heterocycles. The minimum atomic E-state index is 1.05. The molecule has 0 aliphatic rings. The molecule has 0 heterocycles. The van der Waals surface area contributed by atoms with E-state index in [2.05, 4.69) is 110 Å². The minimum Gasteiger partial charge on any atom is -0.129 e. The van der Waals surface area contributed by atoms with Gasteiger partial charge in [0.25, 0.3) is 0 Å². The summed E-state index contributed by atoms with van der Waals surface area (Å²) < 4.78 is 0. The molecule has 0 fully saturated rings. The first kappa shape index (κ1) is 21.6. The van der Waals surface area contributed by atoms with E-state index >= 15 is 0 Å². The molecule has 0 saturated carbocycles. The number of hydrogen-bond acceptors (Lipinski definition) is 2. The predicted octanol–water partition coefficient (Wildman–Crippen LogP) is 9.53. The highest BCUT2D eigenvalue weighted by Crippen LogP contribution is 2.33. The van der Waals surface area contributed by atoms with Crippen LogP contribution in [0.3, 0.4) is 0 Å². The highest BCUT2D eigenvalue weighted by atomic mass is 32.2. The van der Waals surface area contributed by atoms with Gasteiger partial charge in [-0.25, -0.2) is 0 Å². The molecule has 0 N–H and O–H groups in total. The molecule has 0 radical (unpaired) electrons. The van der Waals surface area contributed by atoms with E-state index in [9.17, 15) is 0 Å². The van der Waals surface area contributed by atoms with Crippen molar-refractivity contribution in [2.75, 3.05) is 12.5 Å². The monoisotopic (exact) mass is 474 g/mol. The number of aryl methyl sites for hydroxylation is 2. The molecule has 166 valence electrons. The molecule has 0 nitrogen and oxygen atoms in total. The molecule has 0 unspecified atom stereocenters. The van der Waals surface area contributed by atoms with Crippen molar-refractivity contribution in [1.29, 1.82) is 0 Å². The number of hydrogen-bond donors (Lipinski definition) is 0. The van der Waals surface area contributed by atoms with Crippen LogP contribution in [0.5, 0.6) is 0 Å². The number of fused-ring (bicyclic) bond motifs is 4. The first-order chi connectivity index (χ1) is 16.7. The first-order valence-electron chi connectivity index (χ1n) is 11.7. The van der Waals surface area contributed by atoms with Gasteiger partial charge in [-0.15, -0.1) is 23.5 Å². The van der Waals surface area contributed by atoms with Crippen LogP contribution < -0.4 is 0 Å². The molecule has 34 heavy (non-hydrogen) atoms. The van der Waals surface area contributed by atoms with E-state index in [-0.39, 0.29) is 0 Å². The standard InChI is InChI=1S/C32H26S2/c1-33-31-19-29-15-23-9-5-3-7-21(23)13-27(29)17-25(31)11-12-26-18-28-14-22-8-4-6-10-24(22)16-30(28)20-32(26)34-2/h3-10,13-20H,11-12H2,1-2H3. The van der Waals surface area contributed by atoms with Crippen LogP contribution in [0.2, 0.25) is 0 Å². The Morgan fingerprint density at radius 2 is 0.735 bits per heavy atom. The topological polar surface area (TPSA) is 0 Å². The van der Waals surface area contributed by atoms with Crippen LogP contribution in [0.15, 0.2) is 107 Å². The molecule has 0 spiro atoms. The Labute approximate surface area is 209 Å².